The second-order valence-electron chi connectivity index (χ2n) is 5.29. The first-order valence-corrected chi connectivity index (χ1v) is 6.96. The maximum absolute atomic E-state index is 12.5. The summed E-state index contributed by atoms with van der Waals surface area (Å²) in [5, 5.41) is 1.05. The van der Waals surface area contributed by atoms with Crippen LogP contribution in [0.2, 0.25) is 0 Å². The zero-order valence-electron chi connectivity index (χ0n) is 12.1. The highest BCUT2D eigenvalue weighted by Gasteiger charge is 2.21. The van der Waals surface area contributed by atoms with Gasteiger partial charge in [-0.1, -0.05) is 18.2 Å². The summed E-state index contributed by atoms with van der Waals surface area (Å²) < 4.78 is 10.8. The van der Waals surface area contributed by atoms with Crippen molar-refractivity contribution in [3.63, 3.8) is 0 Å². The van der Waals surface area contributed by atoms with Crippen LogP contribution in [0, 0.1) is 0 Å². The minimum Gasteiger partial charge on any atom is -0.472 e. The number of carbonyl (C=O) groups excluding carboxylic acids is 1. The Bertz CT molecular complexity index is 707. The Morgan fingerprint density at radius 2 is 2.05 bits per heavy atom. The molecule has 0 saturated carbocycles. The molecular weight excluding hydrogens is 266 g/mol. The zero-order chi connectivity index (χ0) is 14.8. The van der Waals surface area contributed by atoms with Crippen LogP contribution in [0.1, 0.15) is 30.0 Å². The summed E-state index contributed by atoms with van der Waals surface area (Å²) in [4.78, 5) is 14.3. The molecule has 0 atom stereocenters. The lowest BCUT2D eigenvalue weighted by atomic mass is 10.2. The molecule has 0 saturated heterocycles. The van der Waals surface area contributed by atoms with E-state index in [1.54, 1.807) is 11.0 Å². The van der Waals surface area contributed by atoms with E-state index in [2.05, 4.69) is 0 Å². The zero-order valence-corrected chi connectivity index (χ0v) is 12.1. The van der Waals surface area contributed by atoms with E-state index in [4.69, 9.17) is 8.83 Å². The molecule has 108 valence electrons. The summed E-state index contributed by atoms with van der Waals surface area (Å²) in [6.07, 6.45) is 2.98. The van der Waals surface area contributed by atoms with Crippen molar-refractivity contribution >= 4 is 16.9 Å². The molecule has 4 heteroatoms. The van der Waals surface area contributed by atoms with E-state index >= 15 is 0 Å². The average Bonchev–Trinajstić information content (AvgIpc) is 3.12. The molecule has 0 N–H and O–H groups in total. The van der Waals surface area contributed by atoms with Gasteiger partial charge in [-0.05, 0) is 32.0 Å². The number of benzene rings is 1. The van der Waals surface area contributed by atoms with Crippen molar-refractivity contribution in [2.24, 2.45) is 0 Å². The van der Waals surface area contributed by atoms with Crippen LogP contribution in [-0.4, -0.2) is 16.8 Å². The Balaban J connectivity index is 1.86. The monoisotopic (exact) mass is 283 g/mol. The van der Waals surface area contributed by atoms with E-state index in [9.17, 15) is 4.79 Å². The van der Waals surface area contributed by atoms with E-state index in [1.165, 1.54) is 12.5 Å². The van der Waals surface area contributed by atoms with E-state index in [1.807, 2.05) is 44.2 Å². The fourth-order valence-corrected chi connectivity index (χ4v) is 2.32. The third-order valence-electron chi connectivity index (χ3n) is 3.46. The fraction of sp³-hybridized carbons (Fsp3) is 0.235. The van der Waals surface area contributed by atoms with Crippen molar-refractivity contribution in [1.29, 1.82) is 0 Å². The number of furan rings is 2. The number of nitrogens with zero attached hydrogens (tertiary/aromatic N) is 1. The molecule has 2 heterocycles. The quantitative estimate of drug-likeness (QED) is 0.725. The molecule has 1 aromatic carbocycles. The van der Waals surface area contributed by atoms with Gasteiger partial charge in [0.1, 0.15) is 17.6 Å². The first-order valence-electron chi connectivity index (χ1n) is 6.96. The van der Waals surface area contributed by atoms with E-state index in [-0.39, 0.29) is 11.9 Å². The smallest absolute Gasteiger partial charge is 0.257 e. The Morgan fingerprint density at radius 3 is 2.71 bits per heavy atom. The molecule has 0 aliphatic carbocycles. The number of carbonyl (C=O) groups is 1. The van der Waals surface area contributed by atoms with Gasteiger partial charge in [0.15, 0.2) is 0 Å². The van der Waals surface area contributed by atoms with E-state index in [0.29, 0.717) is 12.1 Å². The number of amides is 1. The minimum absolute atomic E-state index is 0.0563. The minimum atomic E-state index is -0.0563. The van der Waals surface area contributed by atoms with Crippen molar-refractivity contribution in [2.45, 2.75) is 26.4 Å². The highest BCUT2D eigenvalue weighted by molar-refractivity contribution is 5.94. The first-order chi connectivity index (χ1) is 10.1. The Kier molecular flexibility index (Phi) is 3.52. The Morgan fingerprint density at radius 1 is 1.24 bits per heavy atom. The molecule has 0 unspecified atom stereocenters. The summed E-state index contributed by atoms with van der Waals surface area (Å²) in [5.74, 6) is 0.723. The molecule has 21 heavy (non-hydrogen) atoms. The van der Waals surface area contributed by atoms with Crippen molar-refractivity contribution in [3.8, 4) is 0 Å². The molecule has 0 bridgehead atoms. The highest BCUT2D eigenvalue weighted by Crippen LogP contribution is 2.21. The van der Waals surface area contributed by atoms with Gasteiger partial charge in [-0.2, -0.15) is 0 Å². The molecule has 1 amide bonds. The van der Waals surface area contributed by atoms with Gasteiger partial charge in [-0.25, -0.2) is 0 Å². The largest absolute Gasteiger partial charge is 0.472 e. The summed E-state index contributed by atoms with van der Waals surface area (Å²) in [5.41, 5.74) is 1.40. The van der Waals surface area contributed by atoms with Crippen LogP contribution in [0.25, 0.3) is 11.0 Å². The van der Waals surface area contributed by atoms with Crippen molar-refractivity contribution in [3.05, 3.63) is 60.2 Å². The lowest BCUT2D eigenvalue weighted by Gasteiger charge is -2.25. The number of hydrogen-bond acceptors (Lipinski definition) is 3. The van der Waals surface area contributed by atoms with Crippen LogP contribution < -0.4 is 0 Å². The van der Waals surface area contributed by atoms with Crippen molar-refractivity contribution < 1.29 is 13.6 Å². The van der Waals surface area contributed by atoms with Crippen LogP contribution in [0.5, 0.6) is 0 Å². The molecule has 2 aromatic heterocycles. The molecule has 0 spiro atoms. The van der Waals surface area contributed by atoms with Gasteiger partial charge in [-0.15, -0.1) is 0 Å². The molecule has 4 nitrogen and oxygen atoms in total. The lowest BCUT2D eigenvalue weighted by Crippen LogP contribution is -2.36. The Hall–Kier alpha value is -2.49. The molecule has 0 fully saturated rings. The van der Waals surface area contributed by atoms with E-state index < -0.39 is 0 Å². The highest BCUT2D eigenvalue weighted by atomic mass is 16.3. The summed E-state index contributed by atoms with van der Waals surface area (Å²) in [7, 11) is 0. The third-order valence-corrected chi connectivity index (χ3v) is 3.46. The maximum Gasteiger partial charge on any atom is 0.257 e. The fourth-order valence-electron chi connectivity index (χ4n) is 2.32. The molecule has 0 aliphatic rings. The van der Waals surface area contributed by atoms with Crippen LogP contribution >= 0.6 is 0 Å². The molecule has 0 radical (unpaired) electrons. The number of para-hydroxylation sites is 1. The second kappa shape index (κ2) is 5.48. The number of hydrogen-bond donors (Lipinski definition) is 0. The molecule has 0 aliphatic heterocycles. The third kappa shape index (κ3) is 2.70. The number of fused-ring (bicyclic) bond motifs is 1. The SMILES string of the molecule is CC(C)N(Cc1cc2ccccc2o1)C(=O)c1ccoc1. The van der Waals surface area contributed by atoms with Crippen molar-refractivity contribution in [2.75, 3.05) is 0 Å². The van der Waals surface area contributed by atoms with Gasteiger partial charge in [0.25, 0.3) is 5.91 Å². The van der Waals surface area contributed by atoms with Gasteiger partial charge < -0.3 is 13.7 Å². The van der Waals surface area contributed by atoms with Gasteiger partial charge in [0, 0.05) is 11.4 Å². The average molecular weight is 283 g/mol. The predicted octanol–water partition coefficient (Wildman–Crippen LogP) is 4.08. The lowest BCUT2D eigenvalue weighted by molar-refractivity contribution is 0.0676. The van der Waals surface area contributed by atoms with Crippen LogP contribution in [0.3, 0.4) is 0 Å². The maximum atomic E-state index is 12.5. The molecule has 3 aromatic rings. The summed E-state index contributed by atoms with van der Waals surface area (Å²) >= 11 is 0. The molecular formula is C17H17NO3. The topological polar surface area (TPSA) is 46.6 Å². The Labute approximate surface area is 123 Å². The van der Waals surface area contributed by atoms with Crippen LogP contribution in [0.15, 0.2) is 57.8 Å². The van der Waals surface area contributed by atoms with E-state index in [0.717, 1.165) is 16.7 Å². The summed E-state index contributed by atoms with van der Waals surface area (Å²) in [6.45, 7) is 4.41. The summed E-state index contributed by atoms with van der Waals surface area (Å²) in [6, 6.07) is 11.6. The number of rotatable bonds is 4. The van der Waals surface area contributed by atoms with Gasteiger partial charge in [-0.3, -0.25) is 4.79 Å². The van der Waals surface area contributed by atoms with Crippen LogP contribution in [0.4, 0.5) is 0 Å². The normalized spacial score (nSPS) is 11.2. The van der Waals surface area contributed by atoms with Gasteiger partial charge in [0.05, 0.1) is 18.4 Å². The second-order valence-corrected chi connectivity index (χ2v) is 5.29. The molecule has 3 rings (SSSR count). The van der Waals surface area contributed by atoms with Crippen molar-refractivity contribution in [1.82, 2.24) is 4.90 Å². The predicted molar refractivity (Wildman–Crippen MR) is 79.9 cm³/mol. The van der Waals surface area contributed by atoms with Gasteiger partial charge >= 0.3 is 0 Å². The first kappa shape index (κ1) is 13.5. The van der Waals surface area contributed by atoms with Gasteiger partial charge in [0.2, 0.25) is 0 Å². The van der Waals surface area contributed by atoms with Crippen LogP contribution in [-0.2, 0) is 6.54 Å². The standard InChI is InChI=1S/C17H17NO3/c1-12(2)18(17(19)14-7-8-20-11-14)10-15-9-13-5-3-4-6-16(13)21-15/h3-9,11-12H,10H2,1-2H3.